The van der Waals surface area contributed by atoms with E-state index in [2.05, 4.69) is 13.8 Å². The molecule has 1 fully saturated rings. The van der Waals surface area contributed by atoms with Crippen LogP contribution in [0.4, 0.5) is 0 Å². The van der Waals surface area contributed by atoms with Crippen LogP contribution in [0, 0.1) is 0 Å². The molecular weight excluding hydrogens is 165 g/mol. The van der Waals surface area contributed by atoms with Crippen molar-refractivity contribution in [3.05, 3.63) is 0 Å². The first-order valence-corrected chi connectivity index (χ1v) is 5.73. The van der Waals surface area contributed by atoms with E-state index in [9.17, 15) is 0 Å². The number of likely N-dealkylation sites (tertiary alicyclic amines) is 1. The summed E-state index contributed by atoms with van der Waals surface area (Å²) in [4.78, 5) is 1.89. The molecule has 1 aliphatic heterocycles. The summed E-state index contributed by atoms with van der Waals surface area (Å²) in [7, 11) is 0. The molecule has 1 rings (SSSR count). The van der Waals surface area contributed by atoms with Crippen LogP contribution in [-0.4, -0.2) is 19.1 Å². The lowest BCUT2D eigenvalue weighted by atomic mass is 9.98. The summed E-state index contributed by atoms with van der Waals surface area (Å²) in [6.45, 7) is 7.48. The minimum atomic E-state index is 0. The molecule has 80 valence electrons. The highest BCUT2D eigenvalue weighted by Gasteiger charge is 2.23. The van der Waals surface area contributed by atoms with Crippen molar-refractivity contribution in [2.24, 2.45) is 0 Å². The van der Waals surface area contributed by atoms with Gasteiger partial charge in [-0.2, -0.15) is 0 Å². The van der Waals surface area contributed by atoms with Crippen LogP contribution < -0.4 is 9.60 Å². The van der Waals surface area contributed by atoms with E-state index in [1.54, 1.807) is 0 Å². The summed E-state index contributed by atoms with van der Waals surface area (Å²) in [5.74, 6) is 0. The Labute approximate surface area is 81.9 Å². The molecule has 2 unspecified atom stereocenters. The summed E-state index contributed by atoms with van der Waals surface area (Å²) in [6, 6.07) is 1.00. The maximum Gasteiger partial charge on any atom is 0.0874 e. The number of piperidine rings is 1. The first kappa shape index (κ1) is 12.9. The number of hydrogen-bond acceptors (Lipinski definition) is 0. The third-order valence-corrected chi connectivity index (χ3v) is 3.09. The first-order chi connectivity index (χ1) is 5.88. The number of hydrogen-bond donors (Lipinski definition) is 1. The predicted octanol–water partition coefficient (Wildman–Crippen LogP) is -1.36. The molecule has 0 aromatic rings. The lowest BCUT2D eigenvalue weighted by Crippen LogP contribution is -3.16. The zero-order valence-electron chi connectivity index (χ0n) is 9.11. The Morgan fingerprint density at radius 1 is 1.15 bits per heavy atom. The molecule has 0 aromatic heterocycles. The summed E-state index contributed by atoms with van der Waals surface area (Å²) in [6.07, 6.45) is 8.62. The molecule has 0 amide bonds. The van der Waals surface area contributed by atoms with E-state index in [-0.39, 0.29) is 4.70 Å². The fourth-order valence-corrected chi connectivity index (χ4v) is 2.50. The van der Waals surface area contributed by atoms with Gasteiger partial charge in [-0.05, 0) is 32.1 Å². The Balaban J connectivity index is 0.00000144. The van der Waals surface area contributed by atoms with Gasteiger partial charge in [0.25, 0.3) is 0 Å². The second kappa shape index (κ2) is 7.31. The van der Waals surface area contributed by atoms with Gasteiger partial charge in [-0.1, -0.05) is 20.3 Å². The summed E-state index contributed by atoms with van der Waals surface area (Å²) in [5, 5.41) is 0. The van der Waals surface area contributed by atoms with E-state index in [1.807, 2.05) is 4.90 Å². The molecule has 1 aliphatic rings. The Hall–Kier alpha value is -0.110. The van der Waals surface area contributed by atoms with Crippen LogP contribution in [0.2, 0.25) is 0 Å². The maximum absolute atomic E-state index is 2.32. The molecule has 0 saturated carbocycles. The quantitative estimate of drug-likeness (QED) is 0.557. The molecule has 0 spiro atoms. The van der Waals surface area contributed by atoms with Crippen molar-refractivity contribution in [3.63, 3.8) is 0 Å². The van der Waals surface area contributed by atoms with Gasteiger partial charge in [0, 0.05) is 0 Å². The molecule has 1 saturated heterocycles. The highest BCUT2D eigenvalue weighted by molar-refractivity contribution is 4.60. The van der Waals surface area contributed by atoms with Gasteiger partial charge in [0.05, 0.1) is 19.1 Å². The summed E-state index contributed by atoms with van der Waals surface area (Å²) >= 11 is 0. The predicted molar refractivity (Wildman–Crippen MR) is 53.5 cm³/mol. The average molecular weight is 189 g/mol. The van der Waals surface area contributed by atoms with Gasteiger partial charge < -0.3 is 9.60 Å². The molecular formula is C11H24FN. The molecule has 0 aliphatic carbocycles. The summed E-state index contributed by atoms with van der Waals surface area (Å²) in [5.41, 5.74) is 0. The van der Waals surface area contributed by atoms with Crippen molar-refractivity contribution in [2.45, 2.75) is 58.4 Å². The molecule has 0 bridgehead atoms. The normalized spacial score (nSPS) is 28.2. The molecule has 0 radical (unpaired) electrons. The third kappa shape index (κ3) is 4.08. The van der Waals surface area contributed by atoms with Crippen molar-refractivity contribution in [3.8, 4) is 0 Å². The van der Waals surface area contributed by atoms with E-state index in [4.69, 9.17) is 0 Å². The van der Waals surface area contributed by atoms with Gasteiger partial charge in [-0.3, -0.25) is 0 Å². The molecule has 0 aromatic carbocycles. The van der Waals surface area contributed by atoms with Crippen molar-refractivity contribution < 1.29 is 9.60 Å². The van der Waals surface area contributed by atoms with E-state index in [1.165, 1.54) is 51.6 Å². The van der Waals surface area contributed by atoms with Crippen LogP contribution >= 0.6 is 0 Å². The van der Waals surface area contributed by atoms with Crippen molar-refractivity contribution in [1.29, 1.82) is 0 Å². The first-order valence-electron chi connectivity index (χ1n) is 5.73. The second-order valence-corrected chi connectivity index (χ2v) is 4.14. The number of quaternary nitrogens is 1. The van der Waals surface area contributed by atoms with Crippen molar-refractivity contribution >= 4 is 0 Å². The number of halogens is 1. The van der Waals surface area contributed by atoms with Crippen molar-refractivity contribution in [2.75, 3.05) is 13.1 Å². The van der Waals surface area contributed by atoms with E-state index in [0.717, 1.165) is 6.04 Å². The lowest BCUT2D eigenvalue weighted by Gasteiger charge is -2.32. The lowest BCUT2D eigenvalue weighted by molar-refractivity contribution is -0.931. The largest absolute Gasteiger partial charge is 1.00 e. The van der Waals surface area contributed by atoms with E-state index in [0.29, 0.717) is 0 Å². The van der Waals surface area contributed by atoms with E-state index < -0.39 is 0 Å². The van der Waals surface area contributed by atoms with Crippen LogP contribution in [0.15, 0.2) is 0 Å². The fourth-order valence-electron chi connectivity index (χ4n) is 2.50. The van der Waals surface area contributed by atoms with Crippen molar-refractivity contribution in [1.82, 2.24) is 0 Å². The Kier molecular flexibility index (Phi) is 7.25. The summed E-state index contributed by atoms with van der Waals surface area (Å²) < 4.78 is 0. The van der Waals surface area contributed by atoms with Gasteiger partial charge in [-0.15, -0.1) is 0 Å². The van der Waals surface area contributed by atoms with Gasteiger partial charge in [0.1, 0.15) is 0 Å². The van der Waals surface area contributed by atoms with Gasteiger partial charge in [-0.25, -0.2) is 0 Å². The standard InChI is InChI=1S/C11H23N.FH/c1-3-7-11-8-5-6-10-12(11)9-4-2;/h11H,3-10H2,1-2H3;1H. The van der Waals surface area contributed by atoms with Gasteiger partial charge in [0.15, 0.2) is 0 Å². The van der Waals surface area contributed by atoms with Crippen LogP contribution in [0.3, 0.4) is 0 Å². The molecule has 1 heterocycles. The fraction of sp³-hybridized carbons (Fsp3) is 1.00. The highest BCUT2D eigenvalue weighted by Crippen LogP contribution is 2.07. The molecule has 13 heavy (non-hydrogen) atoms. The minimum absolute atomic E-state index is 0. The third-order valence-electron chi connectivity index (χ3n) is 3.09. The van der Waals surface area contributed by atoms with E-state index >= 15 is 0 Å². The van der Waals surface area contributed by atoms with Crippen LogP contribution in [0.1, 0.15) is 52.4 Å². The van der Waals surface area contributed by atoms with Gasteiger partial charge in [0.2, 0.25) is 0 Å². The van der Waals surface area contributed by atoms with Gasteiger partial charge >= 0.3 is 0 Å². The Morgan fingerprint density at radius 2 is 1.92 bits per heavy atom. The topological polar surface area (TPSA) is 4.44 Å². The van der Waals surface area contributed by atoms with Crippen LogP contribution in [0.5, 0.6) is 0 Å². The second-order valence-electron chi connectivity index (χ2n) is 4.14. The average Bonchev–Trinajstić information content (AvgIpc) is 2.09. The number of nitrogens with one attached hydrogen (secondary N) is 1. The number of rotatable bonds is 4. The minimum Gasteiger partial charge on any atom is -1.00 e. The molecule has 1 N–H and O–H groups in total. The highest BCUT2D eigenvalue weighted by atomic mass is 19.0. The Bertz CT molecular complexity index is 98.7. The zero-order valence-corrected chi connectivity index (χ0v) is 9.11. The van der Waals surface area contributed by atoms with Crippen LogP contribution in [-0.2, 0) is 0 Å². The molecule has 2 atom stereocenters. The smallest absolute Gasteiger partial charge is 0.0874 e. The SMILES string of the molecule is CCCC1CCCC[NH+]1CCC.[F-]. The molecule has 2 heteroatoms. The monoisotopic (exact) mass is 189 g/mol. The maximum atomic E-state index is 2.32. The zero-order chi connectivity index (χ0) is 8.81. The molecule has 1 nitrogen and oxygen atoms in total. The van der Waals surface area contributed by atoms with Crippen LogP contribution in [0.25, 0.3) is 0 Å². The Morgan fingerprint density at radius 3 is 2.54 bits per heavy atom.